The van der Waals surface area contributed by atoms with Gasteiger partial charge in [0.25, 0.3) is 16.0 Å². The van der Waals surface area contributed by atoms with Crippen LogP contribution in [-0.4, -0.2) is 36.9 Å². The Kier molecular flexibility index (Phi) is 3.55. The second-order valence-corrected chi connectivity index (χ2v) is 6.47. The number of amidine groups is 1. The Balaban J connectivity index is 2.09. The summed E-state index contributed by atoms with van der Waals surface area (Å²) in [5.74, 6) is -0.829. The van der Waals surface area contributed by atoms with Gasteiger partial charge in [-0.3, -0.25) is 20.1 Å². The molecule has 7 N–H and O–H groups in total. The van der Waals surface area contributed by atoms with E-state index in [2.05, 4.69) is 15.3 Å². The number of hydrogen-bond acceptors (Lipinski definition) is 7. The maximum absolute atomic E-state index is 12.0. The fourth-order valence-corrected chi connectivity index (χ4v) is 3.04. The summed E-state index contributed by atoms with van der Waals surface area (Å²) < 4.78 is 31.9. The summed E-state index contributed by atoms with van der Waals surface area (Å²) >= 11 is 0. The van der Waals surface area contributed by atoms with Crippen molar-refractivity contribution in [1.82, 2.24) is 5.32 Å². The number of carbonyl (C=O) groups is 1. The van der Waals surface area contributed by atoms with Crippen LogP contribution in [0.15, 0.2) is 44.2 Å². The Morgan fingerprint density at radius 1 is 1.33 bits per heavy atom. The SMILES string of the molecule is N=C1N=C2N=CC(C(N)c3ccc(N)c(S(=O)(=O)O)c3)=C2C(=O)N1. The van der Waals surface area contributed by atoms with Crippen LogP contribution in [0, 0.1) is 5.41 Å². The van der Waals surface area contributed by atoms with Crippen molar-refractivity contribution in [3.63, 3.8) is 0 Å². The van der Waals surface area contributed by atoms with E-state index in [9.17, 15) is 17.8 Å². The summed E-state index contributed by atoms with van der Waals surface area (Å²) in [6, 6.07) is 3.00. The first-order valence-corrected chi connectivity index (χ1v) is 8.02. The van der Waals surface area contributed by atoms with Gasteiger partial charge in [0.15, 0.2) is 5.84 Å². The van der Waals surface area contributed by atoms with Gasteiger partial charge < -0.3 is 11.5 Å². The number of nitrogens with zero attached hydrogens (tertiary/aromatic N) is 2. The number of nitrogens with one attached hydrogen (secondary N) is 2. The van der Waals surface area contributed by atoms with Crippen LogP contribution in [-0.2, 0) is 14.9 Å². The normalized spacial score (nSPS) is 18.3. The first kappa shape index (κ1) is 16.0. The van der Waals surface area contributed by atoms with Crippen LogP contribution < -0.4 is 16.8 Å². The molecule has 0 saturated heterocycles. The quantitative estimate of drug-likeness (QED) is 0.357. The number of aliphatic imine (C=N–C) groups is 2. The summed E-state index contributed by atoms with van der Waals surface area (Å²) in [4.78, 5) is 19.3. The third-order valence-electron chi connectivity index (χ3n) is 3.52. The lowest BCUT2D eigenvalue weighted by Gasteiger charge is -2.17. The van der Waals surface area contributed by atoms with Crippen molar-refractivity contribution >= 4 is 39.7 Å². The van der Waals surface area contributed by atoms with Gasteiger partial charge in [-0.15, -0.1) is 0 Å². The van der Waals surface area contributed by atoms with Crippen molar-refractivity contribution in [3.05, 3.63) is 34.9 Å². The predicted molar refractivity (Wildman–Crippen MR) is 86.4 cm³/mol. The smallest absolute Gasteiger partial charge is 0.296 e. The molecule has 0 aromatic heterocycles. The molecule has 1 amide bonds. The second kappa shape index (κ2) is 5.33. The largest absolute Gasteiger partial charge is 0.398 e. The second-order valence-electron chi connectivity index (χ2n) is 5.08. The van der Waals surface area contributed by atoms with Crippen molar-refractivity contribution in [2.45, 2.75) is 10.9 Å². The topological polar surface area (TPSA) is 184 Å². The van der Waals surface area contributed by atoms with Crippen LogP contribution >= 0.6 is 0 Å². The van der Waals surface area contributed by atoms with Gasteiger partial charge in [0.1, 0.15) is 4.90 Å². The fraction of sp³-hybridized carbons (Fsp3) is 0.0769. The first-order chi connectivity index (χ1) is 11.2. The number of carbonyl (C=O) groups excluding carboxylic acids is 1. The summed E-state index contributed by atoms with van der Waals surface area (Å²) in [5.41, 5.74) is 12.3. The van der Waals surface area contributed by atoms with Crippen molar-refractivity contribution in [2.75, 3.05) is 5.73 Å². The molecule has 124 valence electrons. The zero-order valence-electron chi connectivity index (χ0n) is 12.0. The molecule has 2 heterocycles. The number of guanidine groups is 1. The summed E-state index contributed by atoms with van der Waals surface area (Å²) in [6.45, 7) is 0. The average Bonchev–Trinajstić information content (AvgIpc) is 2.89. The van der Waals surface area contributed by atoms with Gasteiger partial charge in [0.2, 0.25) is 5.96 Å². The minimum Gasteiger partial charge on any atom is -0.398 e. The van der Waals surface area contributed by atoms with Crippen LogP contribution in [0.4, 0.5) is 5.69 Å². The van der Waals surface area contributed by atoms with Crippen LogP contribution in [0.2, 0.25) is 0 Å². The highest BCUT2D eigenvalue weighted by molar-refractivity contribution is 7.86. The number of nitrogen functional groups attached to an aromatic ring is 1. The van der Waals surface area contributed by atoms with Crippen molar-refractivity contribution < 1.29 is 17.8 Å². The molecule has 2 aliphatic heterocycles. The zero-order valence-corrected chi connectivity index (χ0v) is 12.8. The van der Waals surface area contributed by atoms with Gasteiger partial charge in [-0.25, -0.2) is 4.99 Å². The molecular weight excluding hydrogens is 336 g/mol. The molecule has 10 nitrogen and oxygen atoms in total. The molecule has 3 rings (SSSR count). The Morgan fingerprint density at radius 2 is 2.04 bits per heavy atom. The molecule has 0 radical (unpaired) electrons. The van der Waals surface area contributed by atoms with Crippen LogP contribution in [0.5, 0.6) is 0 Å². The van der Waals surface area contributed by atoms with Crippen molar-refractivity contribution in [3.8, 4) is 0 Å². The van der Waals surface area contributed by atoms with E-state index in [1.807, 2.05) is 0 Å². The van der Waals surface area contributed by atoms with Gasteiger partial charge in [0.05, 0.1) is 17.3 Å². The highest BCUT2D eigenvalue weighted by atomic mass is 32.2. The summed E-state index contributed by atoms with van der Waals surface area (Å²) in [7, 11) is -4.52. The lowest BCUT2D eigenvalue weighted by molar-refractivity contribution is -0.115. The van der Waals surface area contributed by atoms with Gasteiger partial charge in [-0.1, -0.05) is 6.07 Å². The van der Waals surface area contributed by atoms with Gasteiger partial charge in [0, 0.05) is 11.8 Å². The molecule has 11 heteroatoms. The van der Waals surface area contributed by atoms with Crippen LogP contribution in [0.1, 0.15) is 11.6 Å². The number of fused-ring (bicyclic) bond motifs is 1. The summed E-state index contributed by atoms with van der Waals surface area (Å²) in [5, 5.41) is 9.61. The standard InChI is InChI=1S/C13H12N6O4S/c14-7-2-1-5(3-8(7)24(21,22)23)10(15)6-4-17-11-9(6)12(20)19-13(16)18-11/h1-4,10H,14-15H2,(H2,16,19,20)(H,21,22,23). The number of benzene rings is 1. The van der Waals surface area contributed by atoms with E-state index in [0.29, 0.717) is 11.1 Å². The van der Waals surface area contributed by atoms with Gasteiger partial charge >= 0.3 is 0 Å². The monoisotopic (exact) mass is 348 g/mol. The highest BCUT2D eigenvalue weighted by Crippen LogP contribution is 2.29. The van der Waals surface area contributed by atoms with Crippen LogP contribution in [0.25, 0.3) is 0 Å². The minimum atomic E-state index is -4.52. The Morgan fingerprint density at radius 3 is 2.71 bits per heavy atom. The molecule has 0 fully saturated rings. The maximum atomic E-state index is 12.0. The van der Waals surface area contributed by atoms with Crippen LogP contribution in [0.3, 0.4) is 0 Å². The molecule has 1 aromatic carbocycles. The van der Waals surface area contributed by atoms with E-state index in [4.69, 9.17) is 16.9 Å². The van der Waals surface area contributed by atoms with Crippen molar-refractivity contribution in [2.24, 2.45) is 15.7 Å². The molecule has 1 unspecified atom stereocenters. The molecule has 1 atom stereocenters. The van der Waals surface area contributed by atoms with E-state index in [1.165, 1.54) is 18.3 Å². The maximum Gasteiger partial charge on any atom is 0.296 e. The number of anilines is 1. The zero-order chi connectivity index (χ0) is 17.6. The summed E-state index contributed by atoms with van der Waals surface area (Å²) in [6.07, 6.45) is 1.33. The highest BCUT2D eigenvalue weighted by Gasteiger charge is 2.32. The minimum absolute atomic E-state index is 0.0691. The van der Waals surface area contributed by atoms with Crippen molar-refractivity contribution in [1.29, 1.82) is 5.41 Å². The fourth-order valence-electron chi connectivity index (χ4n) is 2.39. The van der Waals surface area contributed by atoms with Gasteiger partial charge in [-0.05, 0) is 17.7 Å². The number of rotatable bonds is 3. The van der Waals surface area contributed by atoms with E-state index in [1.54, 1.807) is 0 Å². The van der Waals surface area contributed by atoms with Gasteiger partial charge in [-0.2, -0.15) is 13.4 Å². The number of amides is 1. The number of nitrogens with two attached hydrogens (primary N) is 2. The third kappa shape index (κ3) is 2.60. The lowest BCUT2D eigenvalue weighted by Crippen LogP contribution is -2.37. The molecule has 0 spiro atoms. The van der Waals surface area contributed by atoms with E-state index < -0.39 is 27.0 Å². The Hall–Kier alpha value is -2.89. The Bertz CT molecular complexity index is 976. The molecule has 24 heavy (non-hydrogen) atoms. The first-order valence-electron chi connectivity index (χ1n) is 6.58. The molecule has 0 saturated carbocycles. The molecular formula is C13H12N6O4S. The molecule has 0 bridgehead atoms. The number of hydrogen-bond donors (Lipinski definition) is 5. The van der Waals surface area contributed by atoms with E-state index >= 15 is 0 Å². The molecule has 1 aromatic rings. The molecule has 0 aliphatic carbocycles. The van der Waals surface area contributed by atoms with E-state index in [0.717, 1.165) is 6.07 Å². The lowest BCUT2D eigenvalue weighted by atomic mass is 9.95. The van der Waals surface area contributed by atoms with E-state index in [-0.39, 0.29) is 23.1 Å². The average molecular weight is 348 g/mol. The third-order valence-corrected chi connectivity index (χ3v) is 4.43. The predicted octanol–water partition coefficient (Wildman–Crippen LogP) is -0.641. The molecule has 2 aliphatic rings. The Labute approximate surface area is 136 Å².